The first-order chi connectivity index (χ1) is 17.2. The Morgan fingerprint density at radius 1 is 1.03 bits per heavy atom. The number of pyridine rings is 1. The second-order valence-corrected chi connectivity index (χ2v) is 8.46. The fourth-order valence-electron chi connectivity index (χ4n) is 3.67. The van der Waals surface area contributed by atoms with Gasteiger partial charge in [-0.05, 0) is 56.7 Å². The molecule has 0 bridgehead atoms. The summed E-state index contributed by atoms with van der Waals surface area (Å²) in [6.07, 6.45) is 1.61. The third-order valence-corrected chi connectivity index (χ3v) is 5.59. The van der Waals surface area contributed by atoms with Gasteiger partial charge in [0.2, 0.25) is 5.55 Å². The van der Waals surface area contributed by atoms with Crippen molar-refractivity contribution in [3.63, 3.8) is 0 Å². The molecule has 2 aromatic heterocycles. The molecule has 0 aliphatic rings. The molecule has 4 aromatic rings. The van der Waals surface area contributed by atoms with Gasteiger partial charge >= 0.3 is 5.97 Å². The first-order valence-corrected chi connectivity index (χ1v) is 11.4. The lowest BCUT2D eigenvalue weighted by molar-refractivity contribution is -0.142. The first-order valence-electron chi connectivity index (χ1n) is 11.4. The van der Waals surface area contributed by atoms with Crippen molar-refractivity contribution in [2.24, 2.45) is 4.99 Å². The van der Waals surface area contributed by atoms with E-state index in [2.05, 4.69) is 15.3 Å². The lowest BCUT2D eigenvalue weighted by Crippen LogP contribution is -2.22. The molecular weight excluding hydrogens is 458 g/mol. The number of amides is 1. The topological polar surface area (TPSA) is 103 Å². The number of methoxy groups -OCH3 is 1. The summed E-state index contributed by atoms with van der Waals surface area (Å²) in [4.78, 5) is 34.0. The van der Waals surface area contributed by atoms with Gasteiger partial charge in [0.15, 0.2) is 5.58 Å². The van der Waals surface area contributed by atoms with E-state index < -0.39 is 11.9 Å². The summed E-state index contributed by atoms with van der Waals surface area (Å²) in [5, 5.41) is 3.52. The molecule has 4 rings (SSSR count). The van der Waals surface area contributed by atoms with Gasteiger partial charge in [-0.2, -0.15) is 0 Å². The molecule has 0 radical (unpaired) electrons. The van der Waals surface area contributed by atoms with E-state index in [1.54, 1.807) is 32.4 Å². The highest BCUT2D eigenvalue weighted by Crippen LogP contribution is 2.27. The maximum atomic E-state index is 13.6. The Kier molecular flexibility index (Phi) is 7.15. The SMILES string of the molecule is COc1ccc(C)cc1NC(=O)c1cc2c(COC(C)=O)cnc(C)c2oc1=Nc1ccc(C)cc1. The minimum Gasteiger partial charge on any atom is -0.495 e. The maximum absolute atomic E-state index is 13.6. The molecule has 0 aliphatic heterocycles. The van der Waals surface area contributed by atoms with Crippen molar-refractivity contribution in [2.45, 2.75) is 34.3 Å². The first kappa shape index (κ1) is 24.7. The molecule has 0 spiro atoms. The average Bonchev–Trinajstić information content (AvgIpc) is 2.85. The van der Waals surface area contributed by atoms with Crippen LogP contribution in [-0.4, -0.2) is 24.0 Å². The maximum Gasteiger partial charge on any atom is 0.302 e. The lowest BCUT2D eigenvalue weighted by atomic mass is 10.1. The van der Waals surface area contributed by atoms with Gasteiger partial charge in [-0.1, -0.05) is 23.8 Å². The fraction of sp³-hybridized carbons (Fsp3) is 0.214. The Bertz CT molecular complexity index is 1520. The minimum atomic E-state index is -0.427. The number of hydrogen-bond acceptors (Lipinski definition) is 7. The summed E-state index contributed by atoms with van der Waals surface area (Å²) in [7, 11) is 1.54. The van der Waals surface area contributed by atoms with Crippen molar-refractivity contribution < 1.29 is 23.5 Å². The van der Waals surface area contributed by atoms with Crippen molar-refractivity contribution in [3.8, 4) is 5.75 Å². The van der Waals surface area contributed by atoms with Gasteiger partial charge in [-0.3, -0.25) is 14.6 Å². The number of ether oxygens (including phenoxy) is 2. The number of aryl methyl sites for hydroxylation is 3. The number of anilines is 1. The minimum absolute atomic E-state index is 0.00412. The van der Waals surface area contributed by atoms with Crippen molar-refractivity contribution in [1.82, 2.24) is 4.98 Å². The molecule has 2 heterocycles. The van der Waals surface area contributed by atoms with Crippen molar-refractivity contribution in [1.29, 1.82) is 0 Å². The lowest BCUT2D eigenvalue weighted by Gasteiger charge is -2.13. The van der Waals surface area contributed by atoms with E-state index >= 15 is 0 Å². The highest BCUT2D eigenvalue weighted by molar-refractivity contribution is 6.06. The summed E-state index contributed by atoms with van der Waals surface area (Å²) >= 11 is 0. The molecule has 0 fully saturated rings. The predicted octanol–water partition coefficient (Wildman–Crippen LogP) is 5.31. The van der Waals surface area contributed by atoms with Crippen molar-refractivity contribution in [3.05, 3.63) is 88.2 Å². The van der Waals surface area contributed by atoms with Crippen LogP contribution in [-0.2, 0) is 16.1 Å². The average molecular weight is 486 g/mol. The zero-order valence-electron chi connectivity index (χ0n) is 20.8. The molecule has 0 aliphatic carbocycles. The Balaban J connectivity index is 1.91. The molecule has 184 valence electrons. The monoisotopic (exact) mass is 485 g/mol. The van der Waals surface area contributed by atoms with Gasteiger partial charge in [0.25, 0.3) is 5.91 Å². The standard InChI is InChI=1S/C28H27N3O5/c1-16-6-9-21(10-7-16)30-28-23(27(33)31-24-12-17(2)8-11-25(24)34-5)13-22-20(15-35-19(4)32)14-29-18(3)26(22)36-28/h6-14H,15H2,1-5H3,(H,31,33). The third kappa shape index (κ3) is 5.43. The summed E-state index contributed by atoms with van der Waals surface area (Å²) in [6.45, 7) is 7.04. The molecule has 1 amide bonds. The van der Waals surface area contributed by atoms with Crippen LogP contribution in [0.15, 0.2) is 64.1 Å². The number of hydrogen-bond donors (Lipinski definition) is 1. The molecule has 0 atom stereocenters. The molecule has 1 N–H and O–H groups in total. The summed E-state index contributed by atoms with van der Waals surface area (Å²) < 4.78 is 16.8. The third-order valence-electron chi connectivity index (χ3n) is 5.59. The van der Waals surface area contributed by atoms with Crippen LogP contribution in [0.4, 0.5) is 11.4 Å². The van der Waals surface area contributed by atoms with Crippen molar-refractivity contribution in [2.75, 3.05) is 12.4 Å². The molecule has 36 heavy (non-hydrogen) atoms. The number of rotatable bonds is 6. The van der Waals surface area contributed by atoms with E-state index in [4.69, 9.17) is 13.9 Å². The van der Waals surface area contributed by atoms with Crippen LogP contribution in [0, 0.1) is 20.8 Å². The van der Waals surface area contributed by atoms with Gasteiger partial charge in [-0.25, -0.2) is 4.99 Å². The van der Waals surface area contributed by atoms with Crippen LogP contribution < -0.4 is 15.6 Å². The summed E-state index contributed by atoms with van der Waals surface area (Å²) in [5.41, 5.74) is 5.22. The second-order valence-electron chi connectivity index (χ2n) is 8.46. The summed E-state index contributed by atoms with van der Waals surface area (Å²) in [5.74, 6) is -0.321. The highest BCUT2D eigenvalue weighted by Gasteiger charge is 2.18. The smallest absolute Gasteiger partial charge is 0.302 e. The molecular formula is C28H27N3O5. The number of aromatic nitrogens is 1. The van der Waals surface area contributed by atoms with E-state index in [1.165, 1.54) is 6.92 Å². The van der Waals surface area contributed by atoms with Crippen LogP contribution in [0.3, 0.4) is 0 Å². The van der Waals surface area contributed by atoms with Crippen molar-refractivity contribution >= 4 is 34.2 Å². The molecule has 8 heteroatoms. The Labute approximate surface area is 208 Å². The number of carbonyl (C=O) groups is 2. The second kappa shape index (κ2) is 10.4. The van der Waals surface area contributed by atoms with Crippen LogP contribution in [0.25, 0.3) is 11.0 Å². The Morgan fingerprint density at radius 2 is 1.75 bits per heavy atom. The zero-order valence-corrected chi connectivity index (χ0v) is 20.8. The molecule has 2 aromatic carbocycles. The van der Waals surface area contributed by atoms with E-state index in [1.807, 2.05) is 50.2 Å². The van der Waals surface area contributed by atoms with Crippen LogP contribution in [0.2, 0.25) is 0 Å². The molecule has 0 unspecified atom stereocenters. The zero-order chi connectivity index (χ0) is 25.8. The van der Waals surface area contributed by atoms with Crippen LogP contribution in [0.1, 0.15) is 39.7 Å². The van der Waals surface area contributed by atoms with E-state index in [-0.39, 0.29) is 17.7 Å². The van der Waals surface area contributed by atoms with Crippen LogP contribution in [0.5, 0.6) is 5.75 Å². The summed E-state index contributed by atoms with van der Waals surface area (Å²) in [6, 6.07) is 14.8. The number of benzene rings is 2. The normalized spacial score (nSPS) is 11.4. The van der Waals surface area contributed by atoms with Gasteiger partial charge in [0, 0.05) is 24.1 Å². The quantitative estimate of drug-likeness (QED) is 0.371. The van der Waals surface area contributed by atoms with E-state index in [9.17, 15) is 9.59 Å². The predicted molar refractivity (Wildman–Crippen MR) is 136 cm³/mol. The number of carbonyl (C=O) groups excluding carboxylic acids is 2. The van der Waals surface area contributed by atoms with Gasteiger partial charge in [-0.15, -0.1) is 0 Å². The molecule has 0 saturated carbocycles. The fourth-order valence-corrected chi connectivity index (χ4v) is 3.67. The van der Waals surface area contributed by atoms with Gasteiger partial charge in [0.1, 0.15) is 17.9 Å². The van der Waals surface area contributed by atoms with Crippen LogP contribution >= 0.6 is 0 Å². The highest BCUT2D eigenvalue weighted by atomic mass is 16.5. The molecule has 8 nitrogen and oxygen atoms in total. The van der Waals surface area contributed by atoms with E-state index in [0.717, 1.165) is 11.1 Å². The van der Waals surface area contributed by atoms with Gasteiger partial charge < -0.3 is 19.2 Å². The Hall–Kier alpha value is -4.46. The molecule has 0 saturated heterocycles. The van der Waals surface area contributed by atoms with E-state index in [0.29, 0.717) is 39.4 Å². The Morgan fingerprint density at radius 3 is 2.44 bits per heavy atom. The number of nitrogens with one attached hydrogen (secondary N) is 1. The largest absolute Gasteiger partial charge is 0.495 e. The number of nitrogens with zero attached hydrogens (tertiary/aromatic N) is 2. The number of fused-ring (bicyclic) bond motifs is 1. The number of esters is 1. The van der Waals surface area contributed by atoms with Gasteiger partial charge in [0.05, 0.1) is 24.2 Å².